The van der Waals surface area contributed by atoms with Crippen molar-refractivity contribution in [1.29, 1.82) is 0 Å². The van der Waals surface area contributed by atoms with Gasteiger partial charge in [-0.15, -0.1) is 11.6 Å². The lowest BCUT2D eigenvalue weighted by atomic mass is 9.92. The van der Waals surface area contributed by atoms with E-state index in [4.69, 9.17) is 11.6 Å². The van der Waals surface area contributed by atoms with Gasteiger partial charge < -0.3 is 0 Å². The molecule has 0 bridgehead atoms. The standard InChI is InChI=1S/C21H35ClP2/c1-15-9-11-17(3)23-20-7-5-6-8-21(20)24-18(4)12-10-16(2)14-19(22)13-15/h5-8,15-19,23-24H,9-14H2,1-4H3/t15-,16-,17-,18-/m0/s1. The van der Waals surface area contributed by atoms with E-state index in [2.05, 4.69) is 52.0 Å². The molecule has 1 heterocycles. The summed E-state index contributed by atoms with van der Waals surface area (Å²) in [6.07, 6.45) is 7.71. The fourth-order valence-electron chi connectivity index (χ4n) is 3.68. The predicted molar refractivity (Wildman–Crippen MR) is 117 cm³/mol. The Hall–Kier alpha value is 0.370. The number of hydrogen-bond acceptors (Lipinski definition) is 0. The number of halogens is 1. The van der Waals surface area contributed by atoms with Gasteiger partial charge in [0, 0.05) is 5.38 Å². The van der Waals surface area contributed by atoms with E-state index in [-0.39, 0.29) is 0 Å². The molecule has 0 aromatic heterocycles. The summed E-state index contributed by atoms with van der Waals surface area (Å²) in [6.45, 7) is 9.66. The van der Waals surface area contributed by atoms with Gasteiger partial charge in [0.25, 0.3) is 0 Å². The van der Waals surface area contributed by atoms with Crippen LogP contribution in [0.2, 0.25) is 0 Å². The first kappa shape index (κ1) is 20.7. The van der Waals surface area contributed by atoms with Gasteiger partial charge in [-0.2, -0.15) is 0 Å². The molecule has 0 nitrogen and oxygen atoms in total. The molecule has 1 aliphatic rings. The molecule has 0 radical (unpaired) electrons. The quantitative estimate of drug-likeness (QED) is 0.363. The Morgan fingerprint density at radius 2 is 1.17 bits per heavy atom. The molecule has 0 saturated heterocycles. The molecule has 136 valence electrons. The van der Waals surface area contributed by atoms with Crippen LogP contribution in [-0.2, 0) is 0 Å². The average molecular weight is 385 g/mol. The Labute approximate surface area is 158 Å². The molecule has 0 aliphatic carbocycles. The molecule has 2 unspecified atom stereocenters. The molecular weight excluding hydrogens is 350 g/mol. The first-order chi connectivity index (χ1) is 11.4. The van der Waals surface area contributed by atoms with Gasteiger partial charge in [-0.3, -0.25) is 0 Å². The number of fused-ring (bicyclic) bond motifs is 1. The Balaban J connectivity index is 2.10. The first-order valence-electron chi connectivity index (χ1n) is 9.70. The van der Waals surface area contributed by atoms with Crippen molar-refractivity contribution in [3.63, 3.8) is 0 Å². The van der Waals surface area contributed by atoms with Crippen molar-refractivity contribution in [1.82, 2.24) is 0 Å². The van der Waals surface area contributed by atoms with E-state index < -0.39 is 0 Å². The second-order valence-electron chi connectivity index (χ2n) is 8.07. The van der Waals surface area contributed by atoms with Crippen LogP contribution in [0.25, 0.3) is 0 Å². The van der Waals surface area contributed by atoms with Crippen LogP contribution in [0.1, 0.15) is 66.2 Å². The zero-order valence-corrected chi connectivity index (χ0v) is 18.6. The number of hydrogen-bond donors (Lipinski definition) is 0. The second kappa shape index (κ2) is 10.5. The van der Waals surface area contributed by atoms with Crippen LogP contribution in [0.3, 0.4) is 0 Å². The van der Waals surface area contributed by atoms with Crippen LogP contribution in [0.4, 0.5) is 0 Å². The van der Waals surface area contributed by atoms with Crippen LogP contribution in [0, 0.1) is 11.8 Å². The van der Waals surface area contributed by atoms with Gasteiger partial charge in [0.2, 0.25) is 0 Å². The highest BCUT2D eigenvalue weighted by molar-refractivity contribution is 7.55. The van der Waals surface area contributed by atoms with Crippen molar-refractivity contribution in [2.75, 3.05) is 0 Å². The van der Waals surface area contributed by atoms with E-state index >= 15 is 0 Å². The van der Waals surface area contributed by atoms with E-state index in [0.717, 1.165) is 40.3 Å². The van der Waals surface area contributed by atoms with Crippen molar-refractivity contribution < 1.29 is 0 Å². The molecular formula is C21H35ClP2. The maximum atomic E-state index is 6.66. The van der Waals surface area contributed by atoms with Crippen molar-refractivity contribution >= 4 is 39.4 Å². The Bertz CT molecular complexity index is 447. The molecule has 0 saturated carbocycles. The molecule has 2 rings (SSSR count). The molecule has 0 amide bonds. The highest BCUT2D eigenvalue weighted by atomic mass is 35.5. The molecule has 0 spiro atoms. The van der Waals surface area contributed by atoms with E-state index in [1.165, 1.54) is 38.5 Å². The molecule has 24 heavy (non-hydrogen) atoms. The smallest absolute Gasteiger partial charge is 0.0341 e. The summed E-state index contributed by atoms with van der Waals surface area (Å²) in [7, 11) is 1.92. The summed E-state index contributed by atoms with van der Waals surface area (Å²) >= 11 is 6.66. The largest absolute Gasteiger partial charge is 0.123 e. The molecule has 1 aromatic carbocycles. The zero-order chi connectivity index (χ0) is 17.5. The van der Waals surface area contributed by atoms with E-state index in [1.807, 2.05) is 0 Å². The lowest BCUT2D eigenvalue weighted by Crippen LogP contribution is -2.20. The Morgan fingerprint density at radius 3 is 1.58 bits per heavy atom. The fourth-order valence-corrected chi connectivity index (χ4v) is 7.27. The zero-order valence-electron chi connectivity index (χ0n) is 15.8. The summed E-state index contributed by atoms with van der Waals surface area (Å²) in [5, 5.41) is 3.62. The van der Waals surface area contributed by atoms with Gasteiger partial charge >= 0.3 is 0 Å². The summed E-state index contributed by atoms with van der Waals surface area (Å²) in [5.41, 5.74) is 1.60. The topological polar surface area (TPSA) is 0 Å². The molecule has 1 aromatic rings. The van der Waals surface area contributed by atoms with Crippen LogP contribution < -0.4 is 10.6 Å². The second-order valence-corrected chi connectivity index (χ2v) is 12.3. The van der Waals surface area contributed by atoms with Gasteiger partial charge in [0.05, 0.1) is 0 Å². The number of benzene rings is 1. The lowest BCUT2D eigenvalue weighted by Gasteiger charge is -2.20. The van der Waals surface area contributed by atoms with Crippen LogP contribution >= 0.6 is 28.8 Å². The third kappa shape index (κ3) is 7.32. The number of rotatable bonds is 0. The minimum absolute atomic E-state index is 0.368. The summed E-state index contributed by atoms with van der Waals surface area (Å²) in [6, 6.07) is 9.21. The van der Waals surface area contributed by atoms with Crippen molar-refractivity contribution in [2.45, 2.75) is 82.9 Å². The average Bonchev–Trinajstić information content (AvgIpc) is 2.52. The molecule has 6 atom stereocenters. The maximum Gasteiger partial charge on any atom is 0.0341 e. The fraction of sp³-hybridized carbons (Fsp3) is 0.714. The molecule has 3 heteroatoms. The maximum absolute atomic E-state index is 6.66. The summed E-state index contributed by atoms with van der Waals surface area (Å²) < 4.78 is 0. The van der Waals surface area contributed by atoms with Crippen LogP contribution in [0.15, 0.2) is 24.3 Å². The summed E-state index contributed by atoms with van der Waals surface area (Å²) in [4.78, 5) is 0. The van der Waals surface area contributed by atoms with Gasteiger partial charge in [0.1, 0.15) is 0 Å². The normalized spacial score (nSPS) is 36.0. The van der Waals surface area contributed by atoms with Crippen LogP contribution in [-0.4, -0.2) is 16.7 Å². The lowest BCUT2D eigenvalue weighted by molar-refractivity contribution is 0.405. The minimum atomic E-state index is 0.368. The Kier molecular flexibility index (Phi) is 9.05. The first-order valence-corrected chi connectivity index (χ1v) is 12.3. The van der Waals surface area contributed by atoms with Gasteiger partial charge in [0.15, 0.2) is 0 Å². The monoisotopic (exact) mass is 384 g/mol. The SMILES string of the molecule is C[C@H]1CC[C@H](C)Pc2ccccc2P[C@@H](C)CC[C@H](C)CC(Cl)C1. The third-order valence-corrected chi connectivity index (χ3v) is 8.90. The highest BCUT2D eigenvalue weighted by Gasteiger charge is 2.18. The van der Waals surface area contributed by atoms with Gasteiger partial charge in [-0.05, 0) is 59.4 Å². The summed E-state index contributed by atoms with van der Waals surface area (Å²) in [5.74, 6) is 1.52. The molecule has 0 fully saturated rings. The van der Waals surface area contributed by atoms with Gasteiger partial charge in [-0.25, -0.2) is 0 Å². The van der Waals surface area contributed by atoms with Crippen molar-refractivity contribution in [3.8, 4) is 0 Å². The molecule has 0 N–H and O–H groups in total. The van der Waals surface area contributed by atoms with Crippen LogP contribution in [0.5, 0.6) is 0 Å². The number of alkyl halides is 1. The Morgan fingerprint density at radius 1 is 0.750 bits per heavy atom. The van der Waals surface area contributed by atoms with E-state index in [9.17, 15) is 0 Å². The van der Waals surface area contributed by atoms with Crippen molar-refractivity contribution in [3.05, 3.63) is 24.3 Å². The minimum Gasteiger partial charge on any atom is -0.123 e. The highest BCUT2D eigenvalue weighted by Crippen LogP contribution is 2.32. The van der Waals surface area contributed by atoms with E-state index in [1.54, 1.807) is 10.6 Å². The van der Waals surface area contributed by atoms with Crippen molar-refractivity contribution in [2.24, 2.45) is 11.8 Å². The van der Waals surface area contributed by atoms with E-state index in [0.29, 0.717) is 5.38 Å². The van der Waals surface area contributed by atoms with Gasteiger partial charge in [-0.1, -0.05) is 82.0 Å². The predicted octanol–water partition coefficient (Wildman–Crippen LogP) is 6.31. The molecule has 1 aliphatic heterocycles. The third-order valence-electron chi connectivity index (χ3n) is 5.23.